The van der Waals surface area contributed by atoms with Gasteiger partial charge in [0.15, 0.2) is 6.10 Å². The quantitative estimate of drug-likeness (QED) is 0.0211. The van der Waals surface area contributed by atoms with Crippen LogP contribution in [0.3, 0.4) is 0 Å². The monoisotopic (exact) mass is 1460 g/mol. The van der Waals surface area contributed by atoms with Crippen molar-refractivity contribution in [3.05, 3.63) is 158 Å². The molecule has 9 nitrogen and oxygen atoms in total. The molecule has 2 unspecified atom stereocenters. The van der Waals surface area contributed by atoms with E-state index >= 15 is 0 Å². The Morgan fingerprint density at radius 2 is 0.543 bits per heavy atom. The summed E-state index contributed by atoms with van der Waals surface area (Å²) in [6.07, 6.45) is 123. The van der Waals surface area contributed by atoms with Crippen molar-refractivity contribution in [2.75, 3.05) is 47.5 Å². The van der Waals surface area contributed by atoms with Crippen molar-refractivity contribution in [1.82, 2.24) is 0 Å². The standard InChI is InChI=1S/C96H163NO8/c1-6-8-10-12-14-16-18-20-22-24-26-28-30-32-34-36-38-40-42-44-46-47-49-50-52-54-56-58-60-62-64-66-68-70-72-74-76-78-80-82-84-86-93(98)103-90-92(91-104-96(95(100)101)102-89-88-97(3,4)5)105-94(99)87-85-83-81-79-77-75-73-71-69-67-65-63-61-59-57-55-53-51-48-45-43-41-39-37-35-33-31-29-27-25-23-21-19-17-15-13-11-9-7-2/h9,11,15,17,21,23-24,26-27,29,33,35,39,41,45,48,53,55,59,61,65,67,71,73,77,79,92,96H,6-8,10,12-14,16,18-20,22,25,28,30-32,34,36-38,40,42-44,46-47,49-52,54,56-58,60,62-64,66,68-70,72,74-76,78,80-91H2,1-5H3/p+1/b11-9-,17-15-,23-21-,26-24-,29-27-,35-33-,41-39-,48-45-,55-53-,61-59-,67-65-,73-71-,79-77-. The number of carbonyl (C=O) groups is 3. The normalized spacial score (nSPS) is 13.4. The Labute approximate surface area is 648 Å². The van der Waals surface area contributed by atoms with Crippen molar-refractivity contribution in [3.63, 3.8) is 0 Å². The Morgan fingerprint density at radius 3 is 0.838 bits per heavy atom. The predicted molar refractivity (Wildman–Crippen MR) is 456 cm³/mol. The van der Waals surface area contributed by atoms with E-state index in [4.69, 9.17) is 18.9 Å². The highest BCUT2D eigenvalue weighted by Gasteiger charge is 2.25. The van der Waals surface area contributed by atoms with Gasteiger partial charge in [-0.2, -0.15) is 0 Å². The summed E-state index contributed by atoms with van der Waals surface area (Å²) < 4.78 is 23.0. The fraction of sp³-hybridized carbons (Fsp3) is 0.698. The van der Waals surface area contributed by atoms with Crippen molar-refractivity contribution in [2.45, 2.75) is 386 Å². The molecule has 0 rings (SSSR count). The number of hydrogen-bond acceptors (Lipinski definition) is 7. The van der Waals surface area contributed by atoms with Crippen LogP contribution >= 0.6 is 0 Å². The second-order valence-electron chi connectivity index (χ2n) is 30.1. The van der Waals surface area contributed by atoms with Crippen LogP contribution in [0, 0.1) is 0 Å². The van der Waals surface area contributed by atoms with Crippen LogP contribution in [0.4, 0.5) is 0 Å². The first-order valence-electron chi connectivity index (χ1n) is 43.6. The maximum absolute atomic E-state index is 13.0. The van der Waals surface area contributed by atoms with Crippen molar-refractivity contribution in [1.29, 1.82) is 0 Å². The highest BCUT2D eigenvalue weighted by atomic mass is 16.7. The van der Waals surface area contributed by atoms with Crippen molar-refractivity contribution in [3.8, 4) is 0 Å². The van der Waals surface area contributed by atoms with Gasteiger partial charge in [-0.25, -0.2) is 4.79 Å². The van der Waals surface area contributed by atoms with E-state index in [1.165, 1.54) is 231 Å². The number of likely N-dealkylation sites (N-methyl/N-ethyl adjacent to an activating group) is 1. The minimum absolute atomic E-state index is 0.173. The third-order valence-electron chi connectivity index (χ3n) is 18.8. The number of quaternary nitrogens is 1. The number of carboxylic acid groups (broad SMARTS) is 1. The minimum atomic E-state index is -1.53. The molecule has 0 aromatic heterocycles. The molecule has 0 amide bonds. The summed E-state index contributed by atoms with van der Waals surface area (Å²) in [6, 6.07) is 0. The number of ether oxygens (including phenoxy) is 4. The van der Waals surface area contributed by atoms with E-state index in [1.807, 2.05) is 21.1 Å². The van der Waals surface area contributed by atoms with E-state index in [0.29, 0.717) is 17.4 Å². The van der Waals surface area contributed by atoms with Crippen LogP contribution in [0.5, 0.6) is 0 Å². The Hall–Kier alpha value is -5.09. The van der Waals surface area contributed by atoms with E-state index < -0.39 is 24.3 Å². The summed E-state index contributed by atoms with van der Waals surface area (Å²) >= 11 is 0. The molecule has 0 heterocycles. The third kappa shape index (κ3) is 86.0. The molecule has 1 N–H and O–H groups in total. The van der Waals surface area contributed by atoms with Crippen molar-refractivity contribution >= 4 is 17.9 Å². The smallest absolute Gasteiger partial charge is 0.361 e. The van der Waals surface area contributed by atoms with Crippen LogP contribution in [0.2, 0.25) is 0 Å². The molecular formula is C96H164NO8+. The molecule has 0 spiro atoms. The van der Waals surface area contributed by atoms with E-state index in [-0.39, 0.29) is 38.6 Å². The lowest BCUT2D eigenvalue weighted by Crippen LogP contribution is -2.40. The second-order valence-corrected chi connectivity index (χ2v) is 30.1. The van der Waals surface area contributed by atoms with Crippen LogP contribution < -0.4 is 0 Å². The molecule has 0 fully saturated rings. The van der Waals surface area contributed by atoms with Crippen LogP contribution in [0.1, 0.15) is 373 Å². The molecule has 0 radical (unpaired) electrons. The summed E-state index contributed by atoms with van der Waals surface area (Å²) in [5.74, 6) is -2.06. The molecule has 0 aromatic carbocycles. The van der Waals surface area contributed by atoms with Crippen molar-refractivity contribution < 1.29 is 42.9 Å². The number of carbonyl (C=O) groups excluding carboxylic acids is 2. The van der Waals surface area contributed by atoms with Gasteiger partial charge in [0.05, 0.1) is 34.4 Å². The number of allylic oxidation sites excluding steroid dienone is 26. The maximum atomic E-state index is 13.0. The zero-order valence-electron chi connectivity index (χ0n) is 68.8. The molecule has 0 aliphatic rings. The van der Waals surface area contributed by atoms with Crippen LogP contribution in [0.15, 0.2) is 158 Å². The first-order valence-corrected chi connectivity index (χ1v) is 43.6. The van der Waals surface area contributed by atoms with Gasteiger partial charge < -0.3 is 28.5 Å². The first-order chi connectivity index (χ1) is 51.6. The second kappa shape index (κ2) is 84.5. The highest BCUT2D eigenvalue weighted by Crippen LogP contribution is 2.19. The van der Waals surface area contributed by atoms with Gasteiger partial charge in [-0.3, -0.25) is 9.59 Å². The lowest BCUT2D eigenvalue weighted by atomic mass is 10.0. The number of rotatable bonds is 80. The van der Waals surface area contributed by atoms with Crippen LogP contribution in [-0.2, 0) is 33.3 Å². The molecule has 9 heteroatoms. The van der Waals surface area contributed by atoms with E-state index in [9.17, 15) is 19.5 Å². The van der Waals surface area contributed by atoms with Gasteiger partial charge in [0.25, 0.3) is 6.29 Å². The molecule has 0 aromatic rings. The number of carboxylic acids is 1. The lowest BCUT2D eigenvalue weighted by molar-refractivity contribution is -0.870. The van der Waals surface area contributed by atoms with Gasteiger partial charge >= 0.3 is 17.9 Å². The Bertz CT molecular complexity index is 2300. The zero-order valence-corrected chi connectivity index (χ0v) is 68.8. The summed E-state index contributed by atoms with van der Waals surface area (Å²) in [6.45, 7) is 4.74. The van der Waals surface area contributed by atoms with Gasteiger partial charge in [-0.1, -0.05) is 390 Å². The number of hydrogen-bond donors (Lipinski definition) is 1. The lowest BCUT2D eigenvalue weighted by Gasteiger charge is -2.25. The Kier molecular flexibility index (Phi) is 80.4. The number of nitrogens with zero attached hydrogens (tertiary/aromatic N) is 1. The van der Waals surface area contributed by atoms with Crippen LogP contribution in [-0.4, -0.2) is 87.4 Å². The molecule has 0 aliphatic heterocycles. The van der Waals surface area contributed by atoms with E-state index in [0.717, 1.165) is 109 Å². The molecular weight excluding hydrogens is 1300 g/mol. The highest BCUT2D eigenvalue weighted by molar-refractivity contribution is 5.71. The van der Waals surface area contributed by atoms with Gasteiger partial charge in [-0.05, 0) is 128 Å². The molecule has 600 valence electrons. The summed E-state index contributed by atoms with van der Waals surface area (Å²) in [5.41, 5.74) is 0. The topological polar surface area (TPSA) is 108 Å². The molecule has 0 aliphatic carbocycles. The average molecular weight is 1460 g/mol. The number of esters is 2. The Balaban J connectivity index is 4.07. The number of aliphatic carboxylic acids is 1. The summed E-state index contributed by atoms with van der Waals surface area (Å²) in [7, 11) is 5.97. The average Bonchev–Trinajstić information content (AvgIpc) is 1.97. The van der Waals surface area contributed by atoms with Crippen LogP contribution in [0.25, 0.3) is 0 Å². The SMILES string of the molecule is CC/C=C\C/C=C\C/C=C\C/C=C\C/C=C\C/C=C\C/C=C\C/C=C\C/C=C\C/C=C\C/C=C\C/C=C\CCCCC(=O)OC(COC(=O)CCCCCCCCCCCCCCCCCCCCCCCCCCCCCCC/C=C\CCCCCCCCCC)COC(OCC[N+](C)(C)C)C(=O)O. The van der Waals surface area contributed by atoms with Crippen molar-refractivity contribution in [2.24, 2.45) is 0 Å². The summed E-state index contributed by atoms with van der Waals surface area (Å²) in [5, 5.41) is 9.78. The third-order valence-corrected chi connectivity index (χ3v) is 18.8. The van der Waals surface area contributed by atoms with Gasteiger partial charge in [0.2, 0.25) is 0 Å². The molecule has 0 saturated carbocycles. The minimum Gasteiger partial charge on any atom is -0.477 e. The molecule has 0 bridgehead atoms. The fourth-order valence-corrected chi connectivity index (χ4v) is 12.2. The van der Waals surface area contributed by atoms with Gasteiger partial charge in [0.1, 0.15) is 13.2 Å². The largest absolute Gasteiger partial charge is 0.477 e. The maximum Gasteiger partial charge on any atom is 0.361 e. The fourth-order valence-electron chi connectivity index (χ4n) is 12.2. The Morgan fingerprint density at radius 1 is 0.295 bits per heavy atom. The molecule has 0 saturated heterocycles. The molecule has 2 atom stereocenters. The molecule has 105 heavy (non-hydrogen) atoms. The first kappa shape index (κ1) is 99.9. The number of unbranched alkanes of at least 4 members (excludes halogenated alkanes) is 39. The summed E-state index contributed by atoms with van der Waals surface area (Å²) in [4.78, 5) is 37.8. The van der Waals surface area contributed by atoms with E-state index in [2.05, 4.69) is 172 Å². The van der Waals surface area contributed by atoms with Gasteiger partial charge in [-0.15, -0.1) is 0 Å². The predicted octanol–water partition coefficient (Wildman–Crippen LogP) is 28.7. The van der Waals surface area contributed by atoms with E-state index in [1.54, 1.807) is 0 Å². The zero-order chi connectivity index (χ0) is 76.0. The van der Waals surface area contributed by atoms with Gasteiger partial charge in [0, 0.05) is 12.8 Å².